The maximum atomic E-state index is 12.5. The van der Waals surface area contributed by atoms with Gasteiger partial charge in [-0.15, -0.1) is 0 Å². The summed E-state index contributed by atoms with van der Waals surface area (Å²) in [6.07, 6.45) is 0. The van der Waals surface area contributed by atoms with Crippen LogP contribution in [0.15, 0.2) is 12.1 Å². The summed E-state index contributed by atoms with van der Waals surface area (Å²) in [5.74, 6) is 0.581. The highest BCUT2D eigenvalue weighted by molar-refractivity contribution is 6.31. The van der Waals surface area contributed by atoms with Crippen molar-refractivity contribution in [2.75, 3.05) is 40.3 Å². The third-order valence-corrected chi connectivity index (χ3v) is 3.91. The van der Waals surface area contributed by atoms with Crippen LogP contribution in [0.2, 0.25) is 5.02 Å². The quantitative estimate of drug-likeness (QED) is 0.832. The molecular weight excluding hydrogens is 264 g/mol. The third-order valence-electron chi connectivity index (χ3n) is 3.50. The number of hydrogen-bond acceptors (Lipinski definition) is 3. The van der Waals surface area contributed by atoms with Crippen LogP contribution in [0, 0.1) is 6.92 Å². The van der Waals surface area contributed by atoms with Gasteiger partial charge in [0.2, 0.25) is 0 Å². The number of ether oxygens (including phenoxy) is 1. The van der Waals surface area contributed by atoms with Gasteiger partial charge < -0.3 is 14.5 Å². The first-order chi connectivity index (χ1) is 9.02. The van der Waals surface area contributed by atoms with Crippen molar-refractivity contribution in [1.29, 1.82) is 0 Å². The predicted molar refractivity (Wildman–Crippen MR) is 76.1 cm³/mol. The average Bonchev–Trinajstić information content (AvgIpc) is 2.41. The lowest BCUT2D eigenvalue weighted by Gasteiger charge is -2.32. The van der Waals surface area contributed by atoms with Crippen LogP contribution in [0.3, 0.4) is 0 Å². The van der Waals surface area contributed by atoms with E-state index in [1.807, 2.05) is 17.9 Å². The number of halogens is 1. The van der Waals surface area contributed by atoms with E-state index < -0.39 is 0 Å². The minimum Gasteiger partial charge on any atom is -0.496 e. The van der Waals surface area contributed by atoms with Crippen molar-refractivity contribution in [3.05, 3.63) is 28.3 Å². The summed E-state index contributed by atoms with van der Waals surface area (Å²) in [6.45, 7) is 5.17. The zero-order chi connectivity index (χ0) is 14.0. The van der Waals surface area contributed by atoms with Crippen LogP contribution in [0.1, 0.15) is 15.9 Å². The van der Waals surface area contributed by atoms with Crippen LogP contribution < -0.4 is 4.74 Å². The lowest BCUT2D eigenvalue weighted by molar-refractivity contribution is 0.0661. The molecule has 1 aliphatic heterocycles. The Balaban J connectivity index is 2.25. The molecule has 0 saturated carbocycles. The molecule has 0 spiro atoms. The fourth-order valence-electron chi connectivity index (χ4n) is 2.17. The first kappa shape index (κ1) is 14.2. The number of methoxy groups -OCH3 is 1. The van der Waals surface area contributed by atoms with Gasteiger partial charge in [-0.3, -0.25) is 4.79 Å². The Hall–Kier alpha value is -1.26. The van der Waals surface area contributed by atoms with E-state index in [4.69, 9.17) is 16.3 Å². The second-order valence-corrected chi connectivity index (χ2v) is 5.30. The van der Waals surface area contributed by atoms with E-state index >= 15 is 0 Å². The lowest BCUT2D eigenvalue weighted by Crippen LogP contribution is -2.47. The lowest BCUT2D eigenvalue weighted by atomic mass is 10.1. The average molecular weight is 283 g/mol. The van der Waals surface area contributed by atoms with E-state index in [1.54, 1.807) is 13.2 Å². The molecule has 1 fully saturated rings. The molecule has 1 aliphatic rings. The molecule has 1 aromatic rings. The maximum absolute atomic E-state index is 12.5. The molecule has 1 saturated heterocycles. The summed E-state index contributed by atoms with van der Waals surface area (Å²) in [5.41, 5.74) is 1.45. The second-order valence-electron chi connectivity index (χ2n) is 4.90. The van der Waals surface area contributed by atoms with Gasteiger partial charge in [-0.1, -0.05) is 11.6 Å². The molecule has 1 amide bonds. The zero-order valence-corrected chi connectivity index (χ0v) is 12.3. The fraction of sp³-hybridized carbons (Fsp3) is 0.500. The largest absolute Gasteiger partial charge is 0.496 e. The third kappa shape index (κ3) is 3.01. The highest BCUT2D eigenvalue weighted by Crippen LogP contribution is 2.27. The van der Waals surface area contributed by atoms with E-state index in [2.05, 4.69) is 11.9 Å². The van der Waals surface area contributed by atoms with Crippen LogP contribution in [-0.4, -0.2) is 56.0 Å². The van der Waals surface area contributed by atoms with Crippen LogP contribution >= 0.6 is 11.6 Å². The Morgan fingerprint density at radius 3 is 2.47 bits per heavy atom. The molecule has 5 heteroatoms. The summed E-state index contributed by atoms with van der Waals surface area (Å²) < 4.78 is 5.30. The predicted octanol–water partition coefficient (Wildman–Crippen LogP) is 2.04. The molecule has 0 aliphatic carbocycles. The zero-order valence-electron chi connectivity index (χ0n) is 11.6. The molecule has 0 aromatic heterocycles. The normalized spacial score (nSPS) is 16.5. The first-order valence-corrected chi connectivity index (χ1v) is 6.72. The van der Waals surface area contributed by atoms with Gasteiger partial charge in [-0.25, -0.2) is 0 Å². The van der Waals surface area contributed by atoms with Crippen molar-refractivity contribution >= 4 is 17.5 Å². The molecule has 0 atom stereocenters. The number of likely N-dealkylation sites (N-methyl/N-ethyl adjacent to an activating group) is 1. The Morgan fingerprint density at radius 2 is 1.89 bits per heavy atom. The first-order valence-electron chi connectivity index (χ1n) is 6.35. The van der Waals surface area contributed by atoms with Crippen LogP contribution in [0.4, 0.5) is 0 Å². The summed E-state index contributed by atoms with van der Waals surface area (Å²) in [5, 5.41) is 0.596. The van der Waals surface area contributed by atoms with Gasteiger partial charge in [-0.05, 0) is 31.7 Å². The number of aryl methyl sites for hydroxylation is 1. The van der Waals surface area contributed by atoms with E-state index in [0.29, 0.717) is 16.3 Å². The molecule has 4 nitrogen and oxygen atoms in total. The number of carbonyl (C=O) groups excluding carboxylic acids is 1. The highest BCUT2D eigenvalue weighted by atomic mass is 35.5. The molecule has 104 valence electrons. The number of piperazine rings is 1. The van der Waals surface area contributed by atoms with Gasteiger partial charge in [0, 0.05) is 31.2 Å². The Labute approximate surface area is 118 Å². The molecule has 2 rings (SSSR count). The SMILES string of the molecule is COc1cc(C)c(Cl)cc1C(=O)N1CCN(C)CC1. The molecule has 0 radical (unpaired) electrons. The van der Waals surface area contributed by atoms with Crippen LogP contribution in [-0.2, 0) is 0 Å². The van der Waals surface area contributed by atoms with E-state index in [0.717, 1.165) is 31.7 Å². The maximum Gasteiger partial charge on any atom is 0.257 e. The molecule has 0 N–H and O–H groups in total. The van der Waals surface area contributed by atoms with Gasteiger partial charge in [0.15, 0.2) is 0 Å². The number of nitrogens with zero attached hydrogens (tertiary/aromatic N) is 2. The molecule has 0 bridgehead atoms. The number of benzene rings is 1. The molecule has 1 aromatic carbocycles. The van der Waals surface area contributed by atoms with E-state index in [1.165, 1.54) is 0 Å². The summed E-state index contributed by atoms with van der Waals surface area (Å²) >= 11 is 6.11. The smallest absolute Gasteiger partial charge is 0.257 e. The molecule has 1 heterocycles. The Morgan fingerprint density at radius 1 is 1.26 bits per heavy atom. The Bertz CT molecular complexity index is 483. The van der Waals surface area contributed by atoms with Gasteiger partial charge >= 0.3 is 0 Å². The standard InChI is InChI=1S/C14H19ClN2O2/c1-10-8-13(19-3)11(9-12(10)15)14(18)17-6-4-16(2)5-7-17/h8-9H,4-7H2,1-3H3. The van der Waals surface area contributed by atoms with Crippen molar-refractivity contribution in [1.82, 2.24) is 9.80 Å². The summed E-state index contributed by atoms with van der Waals surface area (Å²) in [6, 6.07) is 3.52. The number of hydrogen-bond donors (Lipinski definition) is 0. The highest BCUT2D eigenvalue weighted by Gasteiger charge is 2.23. The van der Waals surface area contributed by atoms with Crippen molar-refractivity contribution in [3.8, 4) is 5.75 Å². The topological polar surface area (TPSA) is 32.8 Å². The Kier molecular flexibility index (Phi) is 4.32. The van der Waals surface area contributed by atoms with Crippen molar-refractivity contribution in [2.45, 2.75) is 6.92 Å². The van der Waals surface area contributed by atoms with Crippen molar-refractivity contribution < 1.29 is 9.53 Å². The number of carbonyl (C=O) groups is 1. The van der Waals surface area contributed by atoms with Crippen molar-refractivity contribution in [2.24, 2.45) is 0 Å². The molecule has 0 unspecified atom stereocenters. The van der Waals surface area contributed by atoms with Crippen LogP contribution in [0.5, 0.6) is 5.75 Å². The number of rotatable bonds is 2. The number of amides is 1. The monoisotopic (exact) mass is 282 g/mol. The van der Waals surface area contributed by atoms with E-state index in [-0.39, 0.29) is 5.91 Å². The van der Waals surface area contributed by atoms with Gasteiger partial charge in [0.1, 0.15) is 5.75 Å². The summed E-state index contributed by atoms with van der Waals surface area (Å²) in [7, 11) is 3.63. The van der Waals surface area contributed by atoms with Gasteiger partial charge in [-0.2, -0.15) is 0 Å². The summed E-state index contributed by atoms with van der Waals surface area (Å²) in [4.78, 5) is 16.6. The molecule has 19 heavy (non-hydrogen) atoms. The minimum atomic E-state index is -0.00755. The second kappa shape index (κ2) is 5.80. The van der Waals surface area contributed by atoms with Gasteiger partial charge in [0.05, 0.1) is 12.7 Å². The minimum absolute atomic E-state index is 0.00755. The molecular formula is C14H19ClN2O2. The fourth-order valence-corrected chi connectivity index (χ4v) is 2.33. The van der Waals surface area contributed by atoms with E-state index in [9.17, 15) is 4.79 Å². The van der Waals surface area contributed by atoms with Crippen molar-refractivity contribution in [3.63, 3.8) is 0 Å². The van der Waals surface area contributed by atoms with Gasteiger partial charge in [0.25, 0.3) is 5.91 Å². The van der Waals surface area contributed by atoms with Crippen LogP contribution in [0.25, 0.3) is 0 Å².